The summed E-state index contributed by atoms with van der Waals surface area (Å²) in [6, 6.07) is 15.8. The lowest BCUT2D eigenvalue weighted by Crippen LogP contribution is -2.57. The zero-order chi connectivity index (χ0) is 21.7. The number of hydrogen-bond acceptors (Lipinski definition) is 7. The number of likely N-dealkylation sites (tertiary alicyclic amines) is 1. The van der Waals surface area contributed by atoms with Crippen LogP contribution in [0.4, 0.5) is 5.69 Å². The minimum absolute atomic E-state index is 0.0455. The standard InChI is InChI=1S/C22H21ClN4O2S2/c1-25(2)14-10-8-13(9-11-14)21-27-17(12-30-21)31-22(24-27)26-19(18(23)20(26)28)15-6-4-5-7-16(15)29-3/h4-12,18-19,21H,1-3H3. The van der Waals surface area contributed by atoms with E-state index in [2.05, 4.69) is 34.6 Å². The monoisotopic (exact) mass is 472 g/mol. The first-order chi connectivity index (χ1) is 15.0. The van der Waals surface area contributed by atoms with Crippen molar-refractivity contribution in [2.24, 2.45) is 5.10 Å². The highest BCUT2D eigenvalue weighted by Gasteiger charge is 2.52. The molecular weight excluding hydrogens is 452 g/mol. The van der Waals surface area contributed by atoms with Gasteiger partial charge in [0.2, 0.25) is 5.91 Å². The van der Waals surface area contributed by atoms with E-state index in [1.165, 1.54) is 17.3 Å². The number of ether oxygens (including phenoxy) is 1. The Labute approximate surface area is 194 Å². The van der Waals surface area contributed by atoms with Crippen molar-refractivity contribution in [1.82, 2.24) is 9.91 Å². The molecule has 9 heteroatoms. The summed E-state index contributed by atoms with van der Waals surface area (Å²) in [4.78, 5) is 16.5. The topological polar surface area (TPSA) is 48.4 Å². The number of amidine groups is 1. The molecule has 0 bridgehead atoms. The van der Waals surface area contributed by atoms with Gasteiger partial charge in [-0.3, -0.25) is 9.69 Å². The third-order valence-corrected chi connectivity index (χ3v) is 8.16. The van der Waals surface area contributed by atoms with Crippen LogP contribution in [0, 0.1) is 0 Å². The number of rotatable bonds is 4. The maximum absolute atomic E-state index is 12.7. The van der Waals surface area contributed by atoms with Crippen LogP contribution in [0.3, 0.4) is 0 Å². The van der Waals surface area contributed by atoms with E-state index in [1.54, 1.807) is 23.8 Å². The number of fused-ring (bicyclic) bond motifs is 1. The second kappa shape index (κ2) is 8.00. The number of benzene rings is 2. The largest absolute Gasteiger partial charge is 0.496 e. The highest BCUT2D eigenvalue weighted by atomic mass is 35.5. The van der Waals surface area contributed by atoms with Gasteiger partial charge in [0.1, 0.15) is 21.5 Å². The summed E-state index contributed by atoms with van der Waals surface area (Å²) in [5.74, 6) is 0.582. The summed E-state index contributed by atoms with van der Waals surface area (Å²) in [6.45, 7) is 0. The van der Waals surface area contributed by atoms with Gasteiger partial charge < -0.3 is 9.64 Å². The Morgan fingerprint density at radius 3 is 2.58 bits per heavy atom. The molecule has 3 aliphatic rings. The van der Waals surface area contributed by atoms with Crippen LogP contribution in [-0.4, -0.2) is 47.6 Å². The van der Waals surface area contributed by atoms with Gasteiger partial charge in [-0.15, -0.1) is 16.7 Å². The van der Waals surface area contributed by atoms with Gasteiger partial charge in [0.25, 0.3) is 0 Å². The van der Waals surface area contributed by atoms with Crippen LogP contribution in [0.5, 0.6) is 5.75 Å². The molecule has 3 heterocycles. The number of halogens is 1. The molecule has 0 saturated carbocycles. The van der Waals surface area contributed by atoms with Crippen molar-refractivity contribution in [2.75, 3.05) is 26.1 Å². The van der Waals surface area contributed by atoms with Crippen LogP contribution in [0.2, 0.25) is 0 Å². The molecule has 31 heavy (non-hydrogen) atoms. The average molecular weight is 473 g/mol. The quantitative estimate of drug-likeness (QED) is 0.470. The van der Waals surface area contributed by atoms with Crippen LogP contribution in [0.1, 0.15) is 22.5 Å². The number of anilines is 1. The van der Waals surface area contributed by atoms with Crippen LogP contribution in [0.15, 0.2) is 64.1 Å². The first-order valence-corrected chi connectivity index (χ1v) is 12.0. The van der Waals surface area contributed by atoms with E-state index in [0.29, 0.717) is 10.9 Å². The predicted molar refractivity (Wildman–Crippen MR) is 128 cm³/mol. The second-order valence-electron chi connectivity index (χ2n) is 7.56. The summed E-state index contributed by atoms with van der Waals surface area (Å²) in [6.07, 6.45) is 0. The number of hydrazone groups is 1. The normalized spacial score (nSPS) is 24.5. The van der Waals surface area contributed by atoms with E-state index in [1.807, 2.05) is 43.4 Å². The predicted octanol–water partition coefficient (Wildman–Crippen LogP) is 4.82. The maximum Gasteiger partial charge on any atom is 0.249 e. The zero-order valence-electron chi connectivity index (χ0n) is 17.2. The molecule has 3 atom stereocenters. The van der Waals surface area contributed by atoms with Crippen molar-refractivity contribution < 1.29 is 9.53 Å². The van der Waals surface area contributed by atoms with E-state index in [0.717, 1.165) is 16.3 Å². The fourth-order valence-corrected chi connectivity index (χ4v) is 6.44. The molecule has 2 aromatic carbocycles. The molecule has 5 rings (SSSR count). The van der Waals surface area contributed by atoms with Gasteiger partial charge in [-0.2, -0.15) is 0 Å². The summed E-state index contributed by atoms with van der Waals surface area (Å²) in [5.41, 5.74) is 3.21. The summed E-state index contributed by atoms with van der Waals surface area (Å²) in [5, 5.41) is 10.0. The van der Waals surface area contributed by atoms with E-state index < -0.39 is 5.38 Å². The summed E-state index contributed by atoms with van der Waals surface area (Å²) < 4.78 is 5.50. The molecule has 2 aromatic rings. The molecule has 0 radical (unpaired) electrons. The van der Waals surface area contributed by atoms with Gasteiger partial charge in [0.15, 0.2) is 5.17 Å². The van der Waals surface area contributed by atoms with Crippen molar-refractivity contribution in [1.29, 1.82) is 0 Å². The Morgan fingerprint density at radius 2 is 1.87 bits per heavy atom. The molecule has 0 aromatic heterocycles. The number of carbonyl (C=O) groups excluding carboxylic acids is 1. The van der Waals surface area contributed by atoms with Crippen LogP contribution < -0.4 is 9.64 Å². The Kier molecular flexibility index (Phi) is 5.32. The van der Waals surface area contributed by atoms with Crippen molar-refractivity contribution in [3.05, 3.63) is 70.1 Å². The lowest BCUT2D eigenvalue weighted by atomic mass is 9.93. The SMILES string of the molecule is COc1ccccc1C1C(Cl)C(=O)N1C1=NN2C(=CSC2c2ccc(N(C)C)cc2)S1. The molecule has 3 unspecified atom stereocenters. The molecule has 0 N–H and O–H groups in total. The number of hydrogen-bond donors (Lipinski definition) is 0. The first-order valence-electron chi connectivity index (χ1n) is 9.78. The number of amides is 1. The highest BCUT2D eigenvalue weighted by Crippen LogP contribution is 2.53. The number of β-lactam (4-membered cyclic amide) rings is 1. The van der Waals surface area contributed by atoms with Gasteiger partial charge in [-0.05, 0) is 35.5 Å². The molecule has 160 valence electrons. The minimum Gasteiger partial charge on any atom is -0.496 e. The van der Waals surface area contributed by atoms with E-state index >= 15 is 0 Å². The average Bonchev–Trinajstić information content (AvgIpc) is 3.37. The van der Waals surface area contributed by atoms with Crippen LogP contribution in [0.25, 0.3) is 0 Å². The van der Waals surface area contributed by atoms with Crippen molar-refractivity contribution in [3.8, 4) is 5.75 Å². The smallest absolute Gasteiger partial charge is 0.249 e. The van der Waals surface area contributed by atoms with Crippen molar-refractivity contribution >= 4 is 51.9 Å². The van der Waals surface area contributed by atoms with Gasteiger partial charge in [0.05, 0.1) is 13.2 Å². The molecule has 1 fully saturated rings. The fraction of sp³-hybridized carbons (Fsp3) is 0.273. The van der Waals surface area contributed by atoms with Crippen LogP contribution >= 0.6 is 35.1 Å². The number of thioether (sulfide) groups is 2. The summed E-state index contributed by atoms with van der Waals surface area (Å²) >= 11 is 9.66. The summed E-state index contributed by atoms with van der Waals surface area (Å²) in [7, 11) is 5.68. The van der Waals surface area contributed by atoms with E-state index in [9.17, 15) is 4.79 Å². The number of methoxy groups -OCH3 is 1. The van der Waals surface area contributed by atoms with Gasteiger partial charge in [-0.1, -0.05) is 42.1 Å². The van der Waals surface area contributed by atoms with E-state index in [-0.39, 0.29) is 17.3 Å². The molecule has 1 amide bonds. The van der Waals surface area contributed by atoms with Crippen molar-refractivity contribution in [2.45, 2.75) is 16.8 Å². The third-order valence-electron chi connectivity index (χ3n) is 5.52. The minimum atomic E-state index is -0.632. The Balaban J connectivity index is 1.42. The maximum atomic E-state index is 12.7. The molecule has 0 aliphatic carbocycles. The molecule has 6 nitrogen and oxygen atoms in total. The Bertz CT molecular complexity index is 1090. The number of carbonyl (C=O) groups is 1. The fourth-order valence-electron chi connectivity index (χ4n) is 3.86. The highest BCUT2D eigenvalue weighted by molar-refractivity contribution is 8.18. The first kappa shape index (κ1) is 20.6. The van der Waals surface area contributed by atoms with Gasteiger partial charge in [0, 0.05) is 30.8 Å². The molecular formula is C22H21ClN4O2S2. The lowest BCUT2D eigenvalue weighted by molar-refractivity contribution is -0.138. The molecule has 3 aliphatic heterocycles. The van der Waals surface area contributed by atoms with Gasteiger partial charge >= 0.3 is 0 Å². The van der Waals surface area contributed by atoms with Crippen LogP contribution in [-0.2, 0) is 4.79 Å². The third kappa shape index (κ3) is 3.37. The number of para-hydroxylation sites is 1. The number of alkyl halides is 1. The van der Waals surface area contributed by atoms with Crippen molar-refractivity contribution in [3.63, 3.8) is 0 Å². The number of nitrogens with zero attached hydrogens (tertiary/aromatic N) is 4. The van der Waals surface area contributed by atoms with Gasteiger partial charge in [-0.25, -0.2) is 5.01 Å². The lowest BCUT2D eigenvalue weighted by Gasteiger charge is -2.43. The molecule has 0 spiro atoms. The zero-order valence-corrected chi connectivity index (χ0v) is 19.6. The second-order valence-corrected chi connectivity index (χ2v) is 9.97. The molecule has 1 saturated heterocycles. The Morgan fingerprint density at radius 1 is 1.13 bits per heavy atom. The van der Waals surface area contributed by atoms with E-state index in [4.69, 9.17) is 21.4 Å². The Hall–Kier alpha value is -2.29.